The Kier molecular flexibility index (Phi) is 2.97. The summed E-state index contributed by atoms with van der Waals surface area (Å²) in [6, 6.07) is 6.67. The molecule has 2 aromatic rings. The van der Waals surface area contributed by atoms with Gasteiger partial charge in [0.05, 0.1) is 17.6 Å². The van der Waals surface area contributed by atoms with Crippen molar-refractivity contribution < 1.29 is 5.11 Å². The van der Waals surface area contributed by atoms with Crippen LogP contribution in [0.25, 0.3) is 11.0 Å². The molecule has 0 saturated carbocycles. The summed E-state index contributed by atoms with van der Waals surface area (Å²) in [6.45, 7) is 6.50. The lowest BCUT2D eigenvalue weighted by molar-refractivity contribution is 0.294. The van der Waals surface area contributed by atoms with E-state index in [1.54, 1.807) is 0 Å². The first-order chi connectivity index (χ1) is 7.63. The highest BCUT2D eigenvalue weighted by molar-refractivity contribution is 5.77. The topological polar surface area (TPSA) is 38.1 Å². The number of aliphatic hydroxyl groups is 1. The molecule has 16 heavy (non-hydrogen) atoms. The lowest BCUT2D eigenvalue weighted by Crippen LogP contribution is -2.07. The van der Waals surface area contributed by atoms with E-state index in [0.29, 0.717) is 12.5 Å². The van der Waals surface area contributed by atoms with Gasteiger partial charge in [0.25, 0.3) is 0 Å². The second-order valence-corrected chi connectivity index (χ2v) is 4.46. The van der Waals surface area contributed by atoms with Crippen LogP contribution in [0.2, 0.25) is 0 Å². The molecule has 0 aliphatic heterocycles. The van der Waals surface area contributed by atoms with Gasteiger partial charge < -0.3 is 9.67 Å². The number of benzene rings is 1. The van der Waals surface area contributed by atoms with Crippen LogP contribution in [0, 0.1) is 6.92 Å². The van der Waals surface area contributed by atoms with Crippen molar-refractivity contribution in [3.63, 3.8) is 0 Å². The molecule has 3 heteroatoms. The smallest absolute Gasteiger partial charge is 0.112 e. The molecule has 0 aliphatic carbocycles. The van der Waals surface area contributed by atoms with Crippen LogP contribution in [0.1, 0.15) is 31.3 Å². The monoisotopic (exact) mass is 218 g/mol. The second kappa shape index (κ2) is 4.26. The Morgan fingerprint density at radius 1 is 1.38 bits per heavy atom. The van der Waals surface area contributed by atoms with E-state index in [1.807, 2.05) is 0 Å². The number of fused-ring (bicyclic) bond motifs is 1. The Labute approximate surface area is 95.7 Å². The number of nitrogens with zero attached hydrogens (tertiary/aromatic N) is 2. The molecule has 1 N–H and O–H groups in total. The van der Waals surface area contributed by atoms with Gasteiger partial charge in [-0.2, -0.15) is 0 Å². The summed E-state index contributed by atoms with van der Waals surface area (Å²) >= 11 is 0. The molecule has 2 rings (SSSR count). The van der Waals surface area contributed by atoms with Crippen LogP contribution in [-0.4, -0.2) is 21.3 Å². The Balaban J connectivity index is 2.65. The van der Waals surface area contributed by atoms with Gasteiger partial charge >= 0.3 is 0 Å². The summed E-state index contributed by atoms with van der Waals surface area (Å²) in [5, 5.41) is 9.05. The van der Waals surface area contributed by atoms with Gasteiger partial charge in [-0.25, -0.2) is 4.98 Å². The fourth-order valence-corrected chi connectivity index (χ4v) is 2.11. The molecule has 0 amide bonds. The van der Waals surface area contributed by atoms with Gasteiger partial charge in [0.15, 0.2) is 0 Å². The number of aryl methyl sites for hydroxylation is 1. The van der Waals surface area contributed by atoms with E-state index < -0.39 is 0 Å². The molecule has 1 heterocycles. The molecule has 0 aliphatic rings. The van der Waals surface area contributed by atoms with Crippen LogP contribution in [-0.2, 0) is 6.42 Å². The Hall–Kier alpha value is -1.35. The minimum absolute atomic E-state index is 0.148. The van der Waals surface area contributed by atoms with E-state index in [9.17, 15) is 0 Å². The van der Waals surface area contributed by atoms with Crippen molar-refractivity contribution in [2.75, 3.05) is 6.61 Å². The van der Waals surface area contributed by atoms with Crippen LogP contribution < -0.4 is 0 Å². The summed E-state index contributed by atoms with van der Waals surface area (Å²) in [6.07, 6.45) is 0.617. The van der Waals surface area contributed by atoms with E-state index in [2.05, 4.69) is 48.5 Å². The largest absolute Gasteiger partial charge is 0.396 e. The molecule has 3 nitrogen and oxygen atoms in total. The molecule has 86 valence electrons. The maximum Gasteiger partial charge on any atom is 0.112 e. The predicted molar refractivity (Wildman–Crippen MR) is 65.6 cm³/mol. The first-order valence-electron chi connectivity index (χ1n) is 5.72. The highest BCUT2D eigenvalue weighted by Gasteiger charge is 2.12. The third kappa shape index (κ3) is 1.83. The van der Waals surface area contributed by atoms with Crippen molar-refractivity contribution in [3.8, 4) is 0 Å². The number of hydrogen-bond donors (Lipinski definition) is 1. The quantitative estimate of drug-likeness (QED) is 0.859. The lowest BCUT2D eigenvalue weighted by Gasteiger charge is -2.12. The van der Waals surface area contributed by atoms with Crippen LogP contribution in [0.3, 0.4) is 0 Å². The van der Waals surface area contributed by atoms with Crippen molar-refractivity contribution in [3.05, 3.63) is 29.6 Å². The Bertz CT molecular complexity index is 500. The van der Waals surface area contributed by atoms with Crippen LogP contribution >= 0.6 is 0 Å². The fraction of sp³-hybridized carbons (Fsp3) is 0.462. The normalized spacial score (nSPS) is 11.6. The predicted octanol–water partition coefficient (Wildman–Crippen LogP) is 2.46. The molecule has 0 radical (unpaired) electrons. The second-order valence-electron chi connectivity index (χ2n) is 4.46. The number of rotatable bonds is 3. The lowest BCUT2D eigenvalue weighted by atomic mass is 10.2. The van der Waals surface area contributed by atoms with Crippen molar-refractivity contribution in [2.24, 2.45) is 0 Å². The number of aromatic nitrogens is 2. The van der Waals surface area contributed by atoms with E-state index in [-0.39, 0.29) is 6.61 Å². The molecule has 0 spiro atoms. The molecular weight excluding hydrogens is 200 g/mol. The Morgan fingerprint density at radius 2 is 2.12 bits per heavy atom. The minimum atomic E-state index is 0.148. The number of imidazole rings is 1. The molecule has 0 saturated heterocycles. The van der Waals surface area contributed by atoms with Crippen LogP contribution in [0.15, 0.2) is 18.2 Å². The molecule has 0 bridgehead atoms. The highest BCUT2D eigenvalue weighted by Crippen LogP contribution is 2.22. The standard InChI is InChI=1S/C13H18N2O/c1-9(2)15-12-5-4-10(3)8-11(12)14-13(15)6-7-16/h4-5,8-9,16H,6-7H2,1-3H3. The Morgan fingerprint density at radius 3 is 2.75 bits per heavy atom. The molecular formula is C13H18N2O. The van der Waals surface area contributed by atoms with Crippen molar-refractivity contribution in [1.82, 2.24) is 9.55 Å². The van der Waals surface area contributed by atoms with Gasteiger partial charge in [-0.3, -0.25) is 0 Å². The van der Waals surface area contributed by atoms with Crippen molar-refractivity contribution in [1.29, 1.82) is 0 Å². The minimum Gasteiger partial charge on any atom is -0.396 e. The van der Waals surface area contributed by atoms with Gasteiger partial charge in [-0.05, 0) is 38.5 Å². The zero-order chi connectivity index (χ0) is 11.7. The van der Waals surface area contributed by atoms with E-state index >= 15 is 0 Å². The van der Waals surface area contributed by atoms with Gasteiger partial charge in [0.2, 0.25) is 0 Å². The summed E-state index contributed by atoms with van der Waals surface area (Å²) < 4.78 is 2.20. The van der Waals surface area contributed by atoms with Crippen LogP contribution in [0.4, 0.5) is 0 Å². The first-order valence-corrected chi connectivity index (χ1v) is 5.72. The first kappa shape index (κ1) is 11.1. The average molecular weight is 218 g/mol. The van der Waals surface area contributed by atoms with Gasteiger partial charge in [0.1, 0.15) is 5.82 Å². The highest BCUT2D eigenvalue weighted by atomic mass is 16.3. The number of aliphatic hydroxyl groups excluding tert-OH is 1. The number of hydrogen-bond acceptors (Lipinski definition) is 2. The average Bonchev–Trinajstić information content (AvgIpc) is 2.55. The zero-order valence-corrected chi connectivity index (χ0v) is 10.1. The molecule has 0 unspecified atom stereocenters. The third-order valence-corrected chi connectivity index (χ3v) is 2.77. The van der Waals surface area contributed by atoms with E-state index in [0.717, 1.165) is 16.9 Å². The SMILES string of the molecule is Cc1ccc2c(c1)nc(CCO)n2C(C)C. The molecule has 1 aromatic carbocycles. The van der Waals surface area contributed by atoms with Gasteiger partial charge in [-0.15, -0.1) is 0 Å². The zero-order valence-electron chi connectivity index (χ0n) is 10.1. The molecule has 0 fully saturated rings. The summed E-state index contributed by atoms with van der Waals surface area (Å²) in [4.78, 5) is 4.59. The summed E-state index contributed by atoms with van der Waals surface area (Å²) in [5.41, 5.74) is 3.40. The van der Waals surface area contributed by atoms with E-state index in [1.165, 1.54) is 5.56 Å². The summed E-state index contributed by atoms with van der Waals surface area (Å²) in [7, 11) is 0. The maximum absolute atomic E-state index is 9.05. The molecule has 0 atom stereocenters. The van der Waals surface area contributed by atoms with Gasteiger partial charge in [0, 0.05) is 12.5 Å². The fourth-order valence-electron chi connectivity index (χ4n) is 2.11. The van der Waals surface area contributed by atoms with Crippen molar-refractivity contribution in [2.45, 2.75) is 33.2 Å². The van der Waals surface area contributed by atoms with E-state index in [4.69, 9.17) is 5.11 Å². The summed E-state index contributed by atoms with van der Waals surface area (Å²) in [5.74, 6) is 0.970. The van der Waals surface area contributed by atoms with Gasteiger partial charge in [-0.1, -0.05) is 6.07 Å². The maximum atomic E-state index is 9.05. The van der Waals surface area contributed by atoms with Crippen LogP contribution in [0.5, 0.6) is 0 Å². The molecule has 1 aromatic heterocycles. The van der Waals surface area contributed by atoms with Crippen molar-refractivity contribution >= 4 is 11.0 Å². The third-order valence-electron chi connectivity index (χ3n) is 2.77.